The van der Waals surface area contributed by atoms with E-state index in [1.54, 1.807) is 19.2 Å². The Hall–Kier alpha value is -3.94. The molecule has 1 aromatic heterocycles. The van der Waals surface area contributed by atoms with Gasteiger partial charge in [0.05, 0.1) is 7.11 Å². The van der Waals surface area contributed by atoms with E-state index in [1.807, 2.05) is 18.2 Å². The van der Waals surface area contributed by atoms with Gasteiger partial charge < -0.3 is 20.1 Å². The van der Waals surface area contributed by atoms with Crippen LogP contribution < -0.4 is 20.1 Å². The SMILES string of the molecule is CNC(=O)c1cc(Oc2ccc3c(c2)CC(NC(=O)c2ccc(F)c(OC)c2)CC3)ccn1. The van der Waals surface area contributed by atoms with Gasteiger partial charge in [-0.25, -0.2) is 4.39 Å². The number of nitrogens with one attached hydrogen (secondary N) is 2. The van der Waals surface area contributed by atoms with Crippen molar-refractivity contribution in [1.82, 2.24) is 15.6 Å². The summed E-state index contributed by atoms with van der Waals surface area (Å²) in [6, 6.07) is 13.1. The van der Waals surface area contributed by atoms with E-state index < -0.39 is 5.82 Å². The molecule has 4 rings (SSSR count). The molecule has 0 bridgehead atoms. The van der Waals surface area contributed by atoms with E-state index >= 15 is 0 Å². The lowest BCUT2D eigenvalue weighted by Crippen LogP contribution is -2.38. The van der Waals surface area contributed by atoms with Crippen molar-refractivity contribution in [2.24, 2.45) is 0 Å². The van der Waals surface area contributed by atoms with Crippen LogP contribution in [0.25, 0.3) is 0 Å². The summed E-state index contributed by atoms with van der Waals surface area (Å²) in [6.45, 7) is 0. The molecule has 1 aliphatic rings. The number of hydrogen-bond donors (Lipinski definition) is 2. The molecular formula is C25H24FN3O4. The zero-order valence-electron chi connectivity index (χ0n) is 18.4. The Labute approximate surface area is 190 Å². The van der Waals surface area contributed by atoms with Crippen molar-refractivity contribution < 1.29 is 23.5 Å². The fourth-order valence-corrected chi connectivity index (χ4v) is 3.85. The number of benzene rings is 2. The predicted molar refractivity (Wildman–Crippen MR) is 120 cm³/mol. The number of carbonyl (C=O) groups excluding carboxylic acids is 2. The minimum absolute atomic E-state index is 0.0362. The Bertz CT molecular complexity index is 1200. The zero-order valence-corrected chi connectivity index (χ0v) is 18.4. The van der Waals surface area contributed by atoms with Crippen LogP contribution in [0.5, 0.6) is 17.2 Å². The predicted octanol–water partition coefficient (Wildman–Crippen LogP) is 3.67. The highest BCUT2D eigenvalue weighted by Gasteiger charge is 2.22. The van der Waals surface area contributed by atoms with E-state index in [4.69, 9.17) is 9.47 Å². The molecule has 1 atom stereocenters. The molecule has 170 valence electrons. The molecule has 1 aliphatic carbocycles. The molecule has 0 aliphatic heterocycles. The lowest BCUT2D eigenvalue weighted by molar-refractivity contribution is 0.0930. The standard InChI is InChI=1S/C25H24FN3O4/c1-27-25(31)22-14-20(9-10-28-22)33-19-7-4-15-3-6-18(11-17(15)12-19)29-24(30)16-5-8-21(26)23(13-16)32-2/h4-5,7-10,12-14,18H,3,6,11H2,1-2H3,(H,27,31)(H,29,30). The molecule has 7 nitrogen and oxygen atoms in total. The first-order valence-electron chi connectivity index (χ1n) is 10.6. The van der Waals surface area contributed by atoms with E-state index in [0.29, 0.717) is 23.5 Å². The van der Waals surface area contributed by atoms with Crippen molar-refractivity contribution in [2.75, 3.05) is 14.2 Å². The molecule has 0 radical (unpaired) electrons. The van der Waals surface area contributed by atoms with Gasteiger partial charge in [0.25, 0.3) is 11.8 Å². The highest BCUT2D eigenvalue weighted by molar-refractivity contribution is 5.95. The first-order valence-corrected chi connectivity index (χ1v) is 10.6. The van der Waals surface area contributed by atoms with Gasteiger partial charge in [0.15, 0.2) is 11.6 Å². The van der Waals surface area contributed by atoms with Gasteiger partial charge >= 0.3 is 0 Å². The van der Waals surface area contributed by atoms with Gasteiger partial charge in [0.2, 0.25) is 0 Å². The smallest absolute Gasteiger partial charge is 0.269 e. The normalized spacial score (nSPS) is 14.7. The third kappa shape index (κ3) is 5.11. The third-order valence-electron chi connectivity index (χ3n) is 5.58. The van der Waals surface area contributed by atoms with Gasteiger partial charge in [-0.2, -0.15) is 0 Å². The minimum atomic E-state index is -0.509. The van der Waals surface area contributed by atoms with Crippen LogP contribution in [0.15, 0.2) is 54.7 Å². The quantitative estimate of drug-likeness (QED) is 0.600. The van der Waals surface area contributed by atoms with Crippen LogP contribution >= 0.6 is 0 Å². The summed E-state index contributed by atoms with van der Waals surface area (Å²) in [5, 5.41) is 5.57. The summed E-state index contributed by atoms with van der Waals surface area (Å²) in [4.78, 5) is 28.5. The number of aryl methyl sites for hydroxylation is 1. The van der Waals surface area contributed by atoms with Crippen molar-refractivity contribution in [1.29, 1.82) is 0 Å². The number of nitrogens with zero attached hydrogens (tertiary/aromatic N) is 1. The van der Waals surface area contributed by atoms with Crippen LogP contribution in [0.3, 0.4) is 0 Å². The Balaban J connectivity index is 1.45. The highest BCUT2D eigenvalue weighted by Crippen LogP contribution is 2.29. The third-order valence-corrected chi connectivity index (χ3v) is 5.58. The van der Waals surface area contributed by atoms with E-state index in [2.05, 4.69) is 15.6 Å². The Morgan fingerprint density at radius 3 is 2.64 bits per heavy atom. The summed E-state index contributed by atoms with van der Waals surface area (Å²) >= 11 is 0. The number of pyridine rings is 1. The molecule has 0 fully saturated rings. The lowest BCUT2D eigenvalue weighted by Gasteiger charge is -2.26. The number of halogens is 1. The lowest BCUT2D eigenvalue weighted by atomic mass is 9.88. The summed E-state index contributed by atoms with van der Waals surface area (Å²) in [7, 11) is 2.91. The van der Waals surface area contributed by atoms with Gasteiger partial charge in [-0.15, -0.1) is 0 Å². The largest absolute Gasteiger partial charge is 0.494 e. The van der Waals surface area contributed by atoms with Gasteiger partial charge in [-0.3, -0.25) is 14.6 Å². The van der Waals surface area contributed by atoms with E-state index in [-0.39, 0.29) is 29.3 Å². The second-order valence-corrected chi connectivity index (χ2v) is 7.75. The van der Waals surface area contributed by atoms with Crippen molar-refractivity contribution in [2.45, 2.75) is 25.3 Å². The number of hydrogen-bond acceptors (Lipinski definition) is 5. The number of amides is 2. The molecule has 0 spiro atoms. The molecule has 1 heterocycles. The topological polar surface area (TPSA) is 89.6 Å². The van der Waals surface area contributed by atoms with Crippen LogP contribution in [0.2, 0.25) is 0 Å². The molecule has 2 amide bonds. The minimum Gasteiger partial charge on any atom is -0.494 e. The van der Waals surface area contributed by atoms with Crippen molar-refractivity contribution in [3.63, 3.8) is 0 Å². The van der Waals surface area contributed by atoms with Crippen LogP contribution in [-0.4, -0.2) is 37.0 Å². The fourth-order valence-electron chi connectivity index (χ4n) is 3.85. The molecule has 2 N–H and O–H groups in total. The van der Waals surface area contributed by atoms with Crippen LogP contribution in [0, 0.1) is 5.82 Å². The van der Waals surface area contributed by atoms with Crippen LogP contribution in [0.1, 0.15) is 38.4 Å². The molecule has 1 unspecified atom stereocenters. The van der Waals surface area contributed by atoms with Crippen molar-refractivity contribution in [3.8, 4) is 17.2 Å². The number of carbonyl (C=O) groups is 2. The van der Waals surface area contributed by atoms with E-state index in [1.165, 1.54) is 37.1 Å². The summed E-state index contributed by atoms with van der Waals surface area (Å²) in [5.74, 6) is 0.113. The number of rotatable bonds is 6. The Morgan fingerprint density at radius 2 is 1.85 bits per heavy atom. The fraction of sp³-hybridized carbons (Fsp3) is 0.240. The first-order chi connectivity index (χ1) is 16.0. The maximum absolute atomic E-state index is 13.6. The molecule has 3 aromatic rings. The Morgan fingerprint density at radius 1 is 1.03 bits per heavy atom. The summed E-state index contributed by atoms with van der Waals surface area (Å²) in [5.41, 5.74) is 2.91. The number of aromatic nitrogens is 1. The van der Waals surface area contributed by atoms with Crippen molar-refractivity contribution in [3.05, 3.63) is 82.9 Å². The van der Waals surface area contributed by atoms with Gasteiger partial charge in [0, 0.05) is 30.9 Å². The van der Waals surface area contributed by atoms with Gasteiger partial charge in [-0.1, -0.05) is 6.07 Å². The highest BCUT2D eigenvalue weighted by atomic mass is 19.1. The van der Waals surface area contributed by atoms with Crippen molar-refractivity contribution >= 4 is 11.8 Å². The average molecular weight is 449 g/mol. The van der Waals surface area contributed by atoms with E-state index in [0.717, 1.165) is 18.4 Å². The summed E-state index contributed by atoms with van der Waals surface area (Å²) < 4.78 is 24.6. The Kier molecular flexibility index (Phi) is 6.53. The number of ether oxygens (including phenoxy) is 2. The van der Waals surface area contributed by atoms with Crippen LogP contribution in [0.4, 0.5) is 4.39 Å². The molecule has 0 saturated heterocycles. The first kappa shape index (κ1) is 22.3. The van der Waals surface area contributed by atoms with E-state index in [9.17, 15) is 14.0 Å². The molecule has 33 heavy (non-hydrogen) atoms. The number of methoxy groups -OCH3 is 1. The maximum Gasteiger partial charge on any atom is 0.269 e. The second kappa shape index (κ2) is 9.68. The monoisotopic (exact) mass is 449 g/mol. The van der Waals surface area contributed by atoms with Gasteiger partial charge in [-0.05, 0) is 66.8 Å². The number of fused-ring (bicyclic) bond motifs is 1. The molecule has 0 saturated carbocycles. The molecule has 8 heteroatoms. The second-order valence-electron chi connectivity index (χ2n) is 7.75. The maximum atomic E-state index is 13.6. The van der Waals surface area contributed by atoms with Crippen LogP contribution in [-0.2, 0) is 12.8 Å². The molecule has 2 aromatic carbocycles. The molecular weight excluding hydrogens is 425 g/mol. The average Bonchev–Trinajstić information content (AvgIpc) is 2.83. The summed E-state index contributed by atoms with van der Waals surface area (Å²) in [6.07, 6.45) is 3.80. The zero-order chi connectivity index (χ0) is 23.4. The van der Waals surface area contributed by atoms with Gasteiger partial charge in [0.1, 0.15) is 17.2 Å².